The molecule has 1 heterocycles. The number of hydrogen-bond acceptors (Lipinski definition) is 3. The van der Waals surface area contributed by atoms with Gasteiger partial charge in [0.15, 0.2) is 0 Å². The Labute approximate surface area is 137 Å². The van der Waals surface area contributed by atoms with Crippen LogP contribution in [0.25, 0.3) is 0 Å². The molecule has 5 heteroatoms. The summed E-state index contributed by atoms with van der Waals surface area (Å²) in [4.78, 5) is 16.6. The monoisotopic (exact) mass is 312 g/mol. The second-order valence-electron chi connectivity index (χ2n) is 6.66. The topological polar surface area (TPSA) is 59.4 Å². The lowest BCUT2D eigenvalue weighted by Crippen LogP contribution is -2.48. The number of nitrogens with zero attached hydrogens (tertiary/aromatic N) is 3. The fourth-order valence-electron chi connectivity index (χ4n) is 3.22. The number of benzene rings is 1. The van der Waals surface area contributed by atoms with E-state index < -0.39 is 0 Å². The van der Waals surface area contributed by atoms with E-state index in [1.807, 2.05) is 18.2 Å². The lowest BCUT2D eigenvalue weighted by atomic mass is 10.1. The van der Waals surface area contributed by atoms with Gasteiger partial charge < -0.3 is 15.1 Å². The van der Waals surface area contributed by atoms with Gasteiger partial charge in [-0.15, -0.1) is 0 Å². The summed E-state index contributed by atoms with van der Waals surface area (Å²) < 4.78 is 0. The number of hydrogen-bond donors (Lipinski definition) is 1. The van der Waals surface area contributed by atoms with E-state index in [-0.39, 0.29) is 12.1 Å². The molecule has 0 spiro atoms. The summed E-state index contributed by atoms with van der Waals surface area (Å²) in [5, 5.41) is 12.1. The van der Waals surface area contributed by atoms with Crippen molar-refractivity contribution in [1.29, 1.82) is 5.26 Å². The Morgan fingerprint density at radius 1 is 1.35 bits per heavy atom. The molecule has 1 aliphatic carbocycles. The van der Waals surface area contributed by atoms with Crippen LogP contribution in [0.3, 0.4) is 0 Å². The zero-order valence-corrected chi connectivity index (χ0v) is 13.7. The van der Waals surface area contributed by atoms with Crippen LogP contribution in [0.4, 0.5) is 4.79 Å². The van der Waals surface area contributed by atoms with Crippen LogP contribution in [0.5, 0.6) is 0 Å². The summed E-state index contributed by atoms with van der Waals surface area (Å²) in [7, 11) is 1.80. The lowest BCUT2D eigenvalue weighted by molar-refractivity contribution is 0.173. The van der Waals surface area contributed by atoms with Gasteiger partial charge in [0.25, 0.3) is 0 Å². The summed E-state index contributed by atoms with van der Waals surface area (Å²) in [6, 6.07) is 10.6. The van der Waals surface area contributed by atoms with Crippen molar-refractivity contribution in [2.75, 3.05) is 20.1 Å². The molecule has 122 valence electrons. The van der Waals surface area contributed by atoms with E-state index in [0.717, 1.165) is 37.5 Å². The van der Waals surface area contributed by atoms with Crippen molar-refractivity contribution >= 4 is 6.03 Å². The van der Waals surface area contributed by atoms with Crippen LogP contribution < -0.4 is 5.32 Å². The fourth-order valence-corrected chi connectivity index (χ4v) is 3.22. The molecule has 0 aromatic heterocycles. The number of carbonyl (C=O) groups is 1. The first-order valence-electron chi connectivity index (χ1n) is 8.40. The molecule has 3 rings (SSSR count). The van der Waals surface area contributed by atoms with Crippen molar-refractivity contribution in [3.8, 4) is 6.07 Å². The first-order chi connectivity index (χ1) is 11.2. The second kappa shape index (κ2) is 7.01. The number of amides is 2. The summed E-state index contributed by atoms with van der Waals surface area (Å²) in [5.74, 6) is 0. The number of nitriles is 1. The predicted octanol–water partition coefficient (Wildman–Crippen LogP) is 2.33. The molecule has 0 bridgehead atoms. The summed E-state index contributed by atoms with van der Waals surface area (Å²) >= 11 is 0. The highest BCUT2D eigenvalue weighted by Gasteiger charge is 2.32. The predicted molar refractivity (Wildman–Crippen MR) is 88.8 cm³/mol. The molecule has 1 aromatic rings. The van der Waals surface area contributed by atoms with Gasteiger partial charge in [-0.1, -0.05) is 12.1 Å². The SMILES string of the molecule is CN(Cc1cccc(C#N)c1)C(=O)NC1CCN(C2CC2)CC1. The van der Waals surface area contributed by atoms with Crippen LogP contribution in [0.1, 0.15) is 36.8 Å². The Morgan fingerprint density at radius 3 is 2.74 bits per heavy atom. The molecule has 1 saturated carbocycles. The third kappa shape index (κ3) is 4.23. The van der Waals surface area contributed by atoms with Gasteiger partial charge in [-0.2, -0.15) is 5.26 Å². The van der Waals surface area contributed by atoms with E-state index in [1.165, 1.54) is 12.8 Å². The molecule has 5 nitrogen and oxygen atoms in total. The van der Waals surface area contributed by atoms with E-state index in [2.05, 4.69) is 16.3 Å². The minimum atomic E-state index is -0.0303. The quantitative estimate of drug-likeness (QED) is 0.928. The number of likely N-dealkylation sites (tertiary alicyclic amines) is 1. The molecule has 1 saturated heterocycles. The Balaban J connectivity index is 1.46. The van der Waals surface area contributed by atoms with Crippen LogP contribution in [0.2, 0.25) is 0 Å². The normalized spacial score (nSPS) is 19.1. The second-order valence-corrected chi connectivity index (χ2v) is 6.66. The van der Waals surface area contributed by atoms with Crippen molar-refractivity contribution < 1.29 is 4.79 Å². The first-order valence-corrected chi connectivity index (χ1v) is 8.40. The summed E-state index contributed by atoms with van der Waals surface area (Å²) in [6.07, 6.45) is 4.78. The Morgan fingerprint density at radius 2 is 2.09 bits per heavy atom. The zero-order valence-electron chi connectivity index (χ0n) is 13.7. The van der Waals surface area contributed by atoms with E-state index in [0.29, 0.717) is 12.1 Å². The van der Waals surface area contributed by atoms with E-state index >= 15 is 0 Å². The van der Waals surface area contributed by atoms with Gasteiger partial charge >= 0.3 is 6.03 Å². The van der Waals surface area contributed by atoms with Crippen molar-refractivity contribution in [2.24, 2.45) is 0 Å². The number of piperidine rings is 1. The summed E-state index contributed by atoms with van der Waals surface area (Å²) in [5.41, 5.74) is 1.61. The maximum Gasteiger partial charge on any atom is 0.317 e. The van der Waals surface area contributed by atoms with Crippen molar-refractivity contribution in [1.82, 2.24) is 15.1 Å². The van der Waals surface area contributed by atoms with Crippen LogP contribution in [0.15, 0.2) is 24.3 Å². The average Bonchev–Trinajstić information content (AvgIpc) is 3.40. The lowest BCUT2D eigenvalue weighted by Gasteiger charge is -2.33. The fraction of sp³-hybridized carbons (Fsp3) is 0.556. The van der Waals surface area contributed by atoms with E-state index in [1.54, 1.807) is 18.0 Å². The first kappa shape index (κ1) is 15.8. The third-order valence-corrected chi connectivity index (χ3v) is 4.74. The van der Waals surface area contributed by atoms with Gasteiger partial charge in [0.1, 0.15) is 0 Å². The Kier molecular flexibility index (Phi) is 4.82. The molecule has 0 unspecified atom stereocenters. The minimum Gasteiger partial charge on any atom is -0.335 e. The standard InChI is InChI=1S/C18H24N4O/c1-21(13-15-4-2-3-14(11-15)12-19)18(23)20-16-7-9-22(10-8-16)17-5-6-17/h2-4,11,16-17H,5-10,13H2,1H3,(H,20,23). The zero-order chi connectivity index (χ0) is 16.2. The maximum absolute atomic E-state index is 12.3. The molecule has 1 aromatic carbocycles. The van der Waals surface area contributed by atoms with Gasteiger partial charge in [0.05, 0.1) is 11.6 Å². The average molecular weight is 312 g/mol. The van der Waals surface area contributed by atoms with Gasteiger partial charge in [-0.05, 0) is 43.4 Å². The molecule has 0 radical (unpaired) electrons. The third-order valence-electron chi connectivity index (χ3n) is 4.74. The molecular weight excluding hydrogens is 288 g/mol. The maximum atomic E-state index is 12.3. The number of rotatable bonds is 4. The smallest absolute Gasteiger partial charge is 0.317 e. The molecule has 1 N–H and O–H groups in total. The van der Waals surface area contributed by atoms with Crippen molar-refractivity contribution in [3.63, 3.8) is 0 Å². The van der Waals surface area contributed by atoms with Crippen LogP contribution in [-0.4, -0.2) is 48.1 Å². The molecular formula is C18H24N4O. The largest absolute Gasteiger partial charge is 0.335 e. The van der Waals surface area contributed by atoms with Gasteiger partial charge in [0, 0.05) is 38.8 Å². The molecule has 23 heavy (non-hydrogen) atoms. The molecule has 0 atom stereocenters. The van der Waals surface area contributed by atoms with Crippen LogP contribution >= 0.6 is 0 Å². The van der Waals surface area contributed by atoms with Crippen molar-refractivity contribution in [2.45, 2.75) is 44.3 Å². The number of nitrogens with one attached hydrogen (secondary N) is 1. The molecule has 1 aliphatic heterocycles. The minimum absolute atomic E-state index is 0.0303. The van der Waals surface area contributed by atoms with E-state index in [4.69, 9.17) is 5.26 Å². The van der Waals surface area contributed by atoms with Gasteiger partial charge in [-0.25, -0.2) is 4.79 Å². The highest BCUT2D eigenvalue weighted by Crippen LogP contribution is 2.29. The molecule has 2 amide bonds. The highest BCUT2D eigenvalue weighted by molar-refractivity contribution is 5.74. The van der Waals surface area contributed by atoms with Crippen LogP contribution in [-0.2, 0) is 6.54 Å². The molecule has 2 fully saturated rings. The number of carbonyl (C=O) groups excluding carboxylic acids is 1. The number of urea groups is 1. The molecule has 2 aliphatic rings. The Bertz CT molecular complexity index is 597. The Hall–Kier alpha value is -2.06. The van der Waals surface area contributed by atoms with Crippen molar-refractivity contribution in [3.05, 3.63) is 35.4 Å². The van der Waals surface area contributed by atoms with Gasteiger partial charge in [0.2, 0.25) is 0 Å². The van der Waals surface area contributed by atoms with Crippen LogP contribution in [0, 0.1) is 11.3 Å². The summed E-state index contributed by atoms with van der Waals surface area (Å²) in [6.45, 7) is 2.72. The van der Waals surface area contributed by atoms with E-state index in [9.17, 15) is 4.79 Å². The highest BCUT2D eigenvalue weighted by atomic mass is 16.2. The van der Waals surface area contributed by atoms with Gasteiger partial charge in [-0.3, -0.25) is 0 Å².